The van der Waals surface area contributed by atoms with Gasteiger partial charge >= 0.3 is 0 Å². The monoisotopic (exact) mass is 565 g/mol. The Morgan fingerprint density at radius 2 is 1.76 bits per heavy atom. The maximum atomic E-state index is 14.0. The Kier molecular flexibility index (Phi) is 7.49. The van der Waals surface area contributed by atoms with Crippen molar-refractivity contribution in [3.8, 4) is 0 Å². The van der Waals surface area contributed by atoms with Crippen LogP contribution in [0.25, 0.3) is 0 Å². The zero-order chi connectivity index (χ0) is 28.6. The largest absolute Gasteiger partial charge is 0.306 e. The van der Waals surface area contributed by atoms with Crippen LogP contribution in [0.2, 0.25) is 0 Å². The van der Waals surface area contributed by atoms with E-state index in [-0.39, 0.29) is 28.7 Å². The molecule has 210 valence electrons. The molecule has 1 heterocycles. The summed E-state index contributed by atoms with van der Waals surface area (Å²) in [5, 5.41) is 0. The molecule has 0 radical (unpaired) electrons. The first-order valence-electron chi connectivity index (χ1n) is 14.4. The van der Waals surface area contributed by atoms with Gasteiger partial charge in [-0.1, -0.05) is 61.5 Å². The topological polar surface area (TPSA) is 79.4 Å². The Labute approximate surface area is 242 Å². The van der Waals surface area contributed by atoms with Gasteiger partial charge in [-0.05, 0) is 97.2 Å². The summed E-state index contributed by atoms with van der Waals surface area (Å²) in [5.74, 6) is 0.203. The van der Waals surface area contributed by atoms with Gasteiger partial charge in [0, 0.05) is 23.3 Å². The van der Waals surface area contributed by atoms with Crippen LogP contribution in [0.15, 0.2) is 95.9 Å². The number of carbonyl (C=O) groups excluding carboxylic acids is 1. The number of nitrogens with zero attached hydrogens (tertiary/aromatic N) is 2. The third-order valence-corrected chi connectivity index (χ3v) is 9.81. The van der Waals surface area contributed by atoms with Gasteiger partial charge < -0.3 is 4.90 Å². The van der Waals surface area contributed by atoms with Crippen LogP contribution in [0.1, 0.15) is 65.4 Å². The van der Waals surface area contributed by atoms with Gasteiger partial charge in [-0.3, -0.25) is 9.78 Å². The van der Waals surface area contributed by atoms with E-state index in [1.807, 2.05) is 85.5 Å². The fourth-order valence-corrected chi connectivity index (χ4v) is 7.17. The van der Waals surface area contributed by atoms with Crippen LogP contribution in [0, 0.1) is 12.8 Å². The molecule has 0 bridgehead atoms. The standard InChI is InChI=1S/C34H35N3O3S/c1-3-24-12-17-29(18-13-24)41(39,40)36-33-19-15-26-14-16-28(20-31(26)33)37(22-27-11-7-8-23(2)35-27)34(38)32-21-30(32)25-9-5-4-6-10-25/h4-14,16-18,20,30,32-33,36H,3,15,19,21-22H2,1-2H3/t30-,32-,33?/m0/s1. The van der Waals surface area contributed by atoms with E-state index in [0.717, 1.165) is 53.0 Å². The SMILES string of the molecule is CCc1ccc(S(=O)(=O)NC2CCc3ccc(N(Cc4cccc(C)n4)C(=O)[C@H]4C[C@H]4c4ccccc4)cc32)cc1. The molecule has 3 atom stereocenters. The van der Waals surface area contributed by atoms with Crippen LogP contribution < -0.4 is 9.62 Å². The maximum Gasteiger partial charge on any atom is 0.241 e. The predicted molar refractivity (Wildman–Crippen MR) is 161 cm³/mol. The zero-order valence-corrected chi connectivity index (χ0v) is 24.3. The molecule has 2 aliphatic carbocycles. The number of fused-ring (bicyclic) bond motifs is 1. The number of aryl methyl sites for hydroxylation is 3. The van der Waals surface area contributed by atoms with Crippen molar-refractivity contribution in [2.75, 3.05) is 4.90 Å². The van der Waals surface area contributed by atoms with Crippen molar-refractivity contribution in [2.24, 2.45) is 5.92 Å². The lowest BCUT2D eigenvalue weighted by Crippen LogP contribution is -2.33. The molecule has 1 amide bonds. The minimum absolute atomic E-state index is 0.0771. The number of hydrogen-bond acceptors (Lipinski definition) is 4. The van der Waals surface area contributed by atoms with Crippen LogP contribution in [-0.2, 0) is 34.2 Å². The lowest BCUT2D eigenvalue weighted by molar-refractivity contribution is -0.120. The lowest BCUT2D eigenvalue weighted by Gasteiger charge is -2.25. The number of benzene rings is 3. The summed E-state index contributed by atoms with van der Waals surface area (Å²) in [6, 6.07) is 28.8. The fourth-order valence-electron chi connectivity index (χ4n) is 5.92. The van der Waals surface area contributed by atoms with Gasteiger partial charge in [-0.25, -0.2) is 13.1 Å². The van der Waals surface area contributed by atoms with Crippen LogP contribution in [0.3, 0.4) is 0 Å². The predicted octanol–water partition coefficient (Wildman–Crippen LogP) is 6.26. The minimum Gasteiger partial charge on any atom is -0.306 e. The third kappa shape index (κ3) is 5.83. The summed E-state index contributed by atoms with van der Waals surface area (Å²) < 4.78 is 29.5. The number of pyridine rings is 1. The van der Waals surface area contributed by atoms with Crippen molar-refractivity contribution in [2.45, 2.75) is 62.9 Å². The van der Waals surface area contributed by atoms with Gasteiger partial charge in [0.2, 0.25) is 15.9 Å². The highest BCUT2D eigenvalue weighted by atomic mass is 32.2. The normalized spacial score (nSPS) is 19.5. The van der Waals surface area contributed by atoms with Crippen LogP contribution in [0.4, 0.5) is 5.69 Å². The number of carbonyl (C=O) groups is 1. The molecular formula is C34H35N3O3S. The van der Waals surface area contributed by atoms with E-state index in [9.17, 15) is 13.2 Å². The van der Waals surface area contributed by atoms with Crippen molar-refractivity contribution in [1.82, 2.24) is 9.71 Å². The van der Waals surface area contributed by atoms with Crippen molar-refractivity contribution in [1.29, 1.82) is 0 Å². The molecule has 1 saturated carbocycles. The van der Waals surface area contributed by atoms with E-state index in [4.69, 9.17) is 0 Å². The van der Waals surface area contributed by atoms with Crippen molar-refractivity contribution >= 4 is 21.6 Å². The lowest BCUT2D eigenvalue weighted by atomic mass is 10.1. The summed E-state index contributed by atoms with van der Waals surface area (Å²) in [6.07, 6.45) is 3.14. The number of amides is 1. The van der Waals surface area contributed by atoms with E-state index < -0.39 is 10.0 Å². The molecule has 6 nitrogen and oxygen atoms in total. The Bertz CT molecular complexity index is 1670. The highest BCUT2D eigenvalue weighted by Crippen LogP contribution is 2.49. The summed E-state index contributed by atoms with van der Waals surface area (Å²) in [5.41, 5.74) is 6.82. The average Bonchev–Trinajstić information content (AvgIpc) is 3.71. The molecule has 6 rings (SSSR count). The Morgan fingerprint density at radius 1 is 0.976 bits per heavy atom. The summed E-state index contributed by atoms with van der Waals surface area (Å²) in [4.78, 5) is 20.8. The highest BCUT2D eigenvalue weighted by Gasteiger charge is 2.46. The van der Waals surface area contributed by atoms with Crippen LogP contribution in [-0.4, -0.2) is 19.3 Å². The molecule has 0 aliphatic heterocycles. The molecular weight excluding hydrogens is 530 g/mol. The van der Waals surface area contributed by atoms with Gasteiger partial charge in [0.1, 0.15) is 0 Å². The molecule has 0 spiro atoms. The first-order chi connectivity index (χ1) is 19.8. The first kappa shape index (κ1) is 27.4. The maximum absolute atomic E-state index is 14.0. The molecule has 2 aliphatic rings. The van der Waals surface area contributed by atoms with Crippen molar-refractivity contribution < 1.29 is 13.2 Å². The number of aromatic nitrogens is 1. The van der Waals surface area contributed by atoms with Gasteiger partial charge in [0.05, 0.1) is 17.1 Å². The molecule has 1 unspecified atom stereocenters. The second-order valence-electron chi connectivity index (χ2n) is 11.1. The second-order valence-corrected chi connectivity index (χ2v) is 12.9. The molecule has 3 aromatic carbocycles. The molecule has 1 N–H and O–H groups in total. The number of nitrogens with one attached hydrogen (secondary N) is 1. The number of sulfonamides is 1. The van der Waals surface area contributed by atoms with Gasteiger partial charge in [0.25, 0.3) is 0 Å². The van der Waals surface area contributed by atoms with E-state index in [0.29, 0.717) is 13.0 Å². The smallest absolute Gasteiger partial charge is 0.241 e. The summed E-state index contributed by atoms with van der Waals surface area (Å²) in [7, 11) is -3.70. The Hall–Kier alpha value is -3.81. The van der Waals surface area contributed by atoms with Crippen LogP contribution in [0.5, 0.6) is 0 Å². The van der Waals surface area contributed by atoms with E-state index in [1.165, 1.54) is 5.56 Å². The van der Waals surface area contributed by atoms with Crippen molar-refractivity contribution in [3.05, 3.63) is 125 Å². The Morgan fingerprint density at radius 3 is 2.49 bits per heavy atom. The molecule has 7 heteroatoms. The van der Waals surface area contributed by atoms with Crippen LogP contribution >= 0.6 is 0 Å². The van der Waals surface area contributed by atoms with Gasteiger partial charge in [0.15, 0.2) is 0 Å². The van der Waals surface area contributed by atoms with Gasteiger partial charge in [-0.2, -0.15) is 0 Å². The number of rotatable bonds is 9. The summed E-state index contributed by atoms with van der Waals surface area (Å²) >= 11 is 0. The number of hydrogen-bond donors (Lipinski definition) is 1. The fraction of sp³-hybridized carbons (Fsp3) is 0.294. The van der Waals surface area contributed by atoms with E-state index in [2.05, 4.69) is 21.8 Å². The molecule has 4 aromatic rings. The molecule has 1 aromatic heterocycles. The number of anilines is 1. The molecule has 41 heavy (non-hydrogen) atoms. The molecule has 0 saturated heterocycles. The molecule has 1 fully saturated rings. The Balaban J connectivity index is 1.29. The van der Waals surface area contributed by atoms with Crippen molar-refractivity contribution in [3.63, 3.8) is 0 Å². The first-order valence-corrected chi connectivity index (χ1v) is 15.8. The average molecular weight is 566 g/mol. The minimum atomic E-state index is -3.70. The zero-order valence-electron chi connectivity index (χ0n) is 23.5. The van der Waals surface area contributed by atoms with E-state index in [1.54, 1.807) is 12.1 Å². The van der Waals surface area contributed by atoms with E-state index >= 15 is 0 Å². The highest BCUT2D eigenvalue weighted by molar-refractivity contribution is 7.89. The third-order valence-electron chi connectivity index (χ3n) is 8.33. The summed E-state index contributed by atoms with van der Waals surface area (Å²) in [6.45, 7) is 4.35. The second kappa shape index (κ2) is 11.2. The van der Waals surface area contributed by atoms with Gasteiger partial charge in [-0.15, -0.1) is 0 Å². The quantitative estimate of drug-likeness (QED) is 0.260.